The van der Waals surface area contributed by atoms with Gasteiger partial charge in [-0.2, -0.15) is 0 Å². The van der Waals surface area contributed by atoms with Gasteiger partial charge in [0.2, 0.25) is 11.8 Å². The van der Waals surface area contributed by atoms with E-state index in [-0.39, 0.29) is 23.4 Å². The van der Waals surface area contributed by atoms with Gasteiger partial charge in [0.1, 0.15) is 0 Å². The fourth-order valence-corrected chi connectivity index (χ4v) is 3.20. The predicted octanol–water partition coefficient (Wildman–Crippen LogP) is 2.09. The first-order chi connectivity index (χ1) is 14.1. The molecule has 0 saturated carbocycles. The summed E-state index contributed by atoms with van der Waals surface area (Å²) in [5.74, 6) is -0.593. The lowest BCUT2D eigenvalue weighted by atomic mass is 10.2. The highest BCUT2D eigenvalue weighted by atomic mass is 19.1. The number of halogens is 1. The average molecular weight is 394 g/mol. The number of ether oxygens (including phenoxy) is 1. The lowest BCUT2D eigenvalue weighted by Gasteiger charge is -2.17. The molecule has 4 heterocycles. The zero-order chi connectivity index (χ0) is 20.2. The Hall–Kier alpha value is -3.62. The minimum absolute atomic E-state index is 0.0988. The molecule has 9 heteroatoms. The third kappa shape index (κ3) is 4.13. The van der Waals surface area contributed by atoms with E-state index in [1.165, 1.54) is 13.3 Å². The van der Waals surface area contributed by atoms with Gasteiger partial charge < -0.3 is 15.0 Å². The molecule has 0 radical (unpaired) electrons. The molecule has 0 aliphatic carbocycles. The third-order valence-corrected chi connectivity index (χ3v) is 4.67. The summed E-state index contributed by atoms with van der Waals surface area (Å²) in [7, 11) is 1.32. The second-order valence-corrected chi connectivity index (χ2v) is 6.60. The van der Waals surface area contributed by atoms with Crippen molar-refractivity contribution in [3.63, 3.8) is 0 Å². The van der Waals surface area contributed by atoms with Crippen molar-refractivity contribution < 1.29 is 13.9 Å². The number of carbonyl (C=O) groups excluding carboxylic acids is 1. The van der Waals surface area contributed by atoms with Crippen LogP contribution in [0, 0.1) is 5.82 Å². The lowest BCUT2D eigenvalue weighted by Crippen LogP contribution is -2.37. The largest absolute Gasteiger partial charge is 0.479 e. The summed E-state index contributed by atoms with van der Waals surface area (Å²) in [6.07, 6.45) is 7.20. The Morgan fingerprint density at radius 2 is 2.17 bits per heavy atom. The lowest BCUT2D eigenvalue weighted by molar-refractivity contribution is 0.0939. The number of hydrogen-bond donors (Lipinski definition) is 1. The molecule has 1 saturated heterocycles. The fraction of sp³-hybridized carbons (Fsp3) is 0.250. The maximum absolute atomic E-state index is 13.8. The van der Waals surface area contributed by atoms with Crippen LogP contribution in [0.4, 0.5) is 10.3 Å². The molecule has 0 bridgehead atoms. The first-order valence-corrected chi connectivity index (χ1v) is 9.13. The first-order valence-electron chi connectivity index (χ1n) is 9.13. The summed E-state index contributed by atoms with van der Waals surface area (Å²) >= 11 is 0. The topological polar surface area (TPSA) is 93.1 Å². The summed E-state index contributed by atoms with van der Waals surface area (Å²) in [6.45, 7) is 1.27. The van der Waals surface area contributed by atoms with Crippen molar-refractivity contribution in [2.24, 2.45) is 0 Å². The number of pyridine rings is 2. The Bertz CT molecular complexity index is 1020. The van der Waals surface area contributed by atoms with Gasteiger partial charge in [0.25, 0.3) is 5.91 Å². The van der Waals surface area contributed by atoms with E-state index < -0.39 is 5.82 Å². The molecule has 8 nitrogen and oxygen atoms in total. The van der Waals surface area contributed by atoms with Crippen molar-refractivity contribution in [1.82, 2.24) is 25.3 Å². The molecule has 148 valence electrons. The van der Waals surface area contributed by atoms with Crippen molar-refractivity contribution in [2.75, 3.05) is 25.1 Å². The minimum Gasteiger partial charge on any atom is -0.479 e. The van der Waals surface area contributed by atoms with Crippen LogP contribution in [0.15, 0.2) is 49.1 Å². The van der Waals surface area contributed by atoms with Crippen molar-refractivity contribution >= 4 is 11.9 Å². The summed E-state index contributed by atoms with van der Waals surface area (Å²) in [6, 6.07) is 6.65. The number of rotatable bonds is 5. The first kappa shape index (κ1) is 18.7. The molecular weight excluding hydrogens is 375 g/mol. The number of anilines is 1. The van der Waals surface area contributed by atoms with Crippen LogP contribution in [0.2, 0.25) is 0 Å². The van der Waals surface area contributed by atoms with Gasteiger partial charge in [-0.25, -0.2) is 19.3 Å². The van der Waals surface area contributed by atoms with Crippen LogP contribution < -0.4 is 15.0 Å². The monoisotopic (exact) mass is 394 g/mol. The van der Waals surface area contributed by atoms with Crippen molar-refractivity contribution in [3.8, 4) is 17.1 Å². The molecule has 1 N–H and O–H groups in total. The summed E-state index contributed by atoms with van der Waals surface area (Å²) in [5.41, 5.74) is 1.85. The number of carbonyl (C=O) groups is 1. The molecule has 1 unspecified atom stereocenters. The molecule has 29 heavy (non-hydrogen) atoms. The fourth-order valence-electron chi connectivity index (χ4n) is 3.20. The van der Waals surface area contributed by atoms with Crippen LogP contribution in [0.5, 0.6) is 5.88 Å². The Labute approximate surface area is 166 Å². The van der Waals surface area contributed by atoms with Gasteiger partial charge in [0, 0.05) is 49.5 Å². The SMILES string of the molecule is COc1ncc(C(=O)NC2CCN(c3nccc(-c4cccnc4)n3)C2)cc1F. The van der Waals surface area contributed by atoms with Gasteiger partial charge in [-0.1, -0.05) is 0 Å². The second kappa shape index (κ2) is 8.17. The van der Waals surface area contributed by atoms with Gasteiger partial charge in [-0.05, 0) is 30.7 Å². The highest BCUT2D eigenvalue weighted by molar-refractivity contribution is 5.94. The van der Waals surface area contributed by atoms with E-state index in [2.05, 4.69) is 25.3 Å². The van der Waals surface area contributed by atoms with E-state index in [1.54, 1.807) is 18.6 Å². The van der Waals surface area contributed by atoms with Crippen molar-refractivity contribution in [3.05, 3.63) is 60.4 Å². The van der Waals surface area contributed by atoms with Crippen LogP contribution in [0.3, 0.4) is 0 Å². The summed E-state index contributed by atoms with van der Waals surface area (Å²) < 4.78 is 18.6. The standard InChI is InChI=1S/C20H19FN6O2/c1-29-19-16(21)9-14(11-24-19)18(28)25-15-5-8-27(12-15)20-23-7-4-17(26-20)13-3-2-6-22-10-13/h2-4,6-7,9-11,15H,5,8,12H2,1H3,(H,25,28). The van der Waals surface area contributed by atoms with E-state index in [1.807, 2.05) is 23.1 Å². The molecule has 3 aromatic heterocycles. The molecule has 0 aromatic carbocycles. The highest BCUT2D eigenvalue weighted by Crippen LogP contribution is 2.21. The number of aromatic nitrogens is 4. The van der Waals surface area contributed by atoms with E-state index in [9.17, 15) is 9.18 Å². The molecular formula is C20H19FN6O2. The Morgan fingerprint density at radius 3 is 2.93 bits per heavy atom. The van der Waals surface area contributed by atoms with E-state index in [0.717, 1.165) is 23.7 Å². The highest BCUT2D eigenvalue weighted by Gasteiger charge is 2.26. The van der Waals surface area contributed by atoms with E-state index >= 15 is 0 Å². The number of hydrogen-bond acceptors (Lipinski definition) is 7. The Kier molecular flexibility index (Phi) is 5.28. The summed E-state index contributed by atoms with van der Waals surface area (Å²) in [4.78, 5) is 31.3. The van der Waals surface area contributed by atoms with Gasteiger partial charge >= 0.3 is 0 Å². The molecule has 1 aliphatic heterocycles. The second-order valence-electron chi connectivity index (χ2n) is 6.60. The van der Waals surface area contributed by atoms with Crippen molar-refractivity contribution in [2.45, 2.75) is 12.5 Å². The molecule has 1 atom stereocenters. The maximum Gasteiger partial charge on any atom is 0.253 e. The third-order valence-electron chi connectivity index (χ3n) is 4.67. The van der Waals surface area contributed by atoms with Gasteiger partial charge in [-0.15, -0.1) is 0 Å². The maximum atomic E-state index is 13.8. The average Bonchev–Trinajstić information content (AvgIpc) is 3.23. The van der Waals surface area contributed by atoms with Crippen LogP contribution >= 0.6 is 0 Å². The van der Waals surface area contributed by atoms with Crippen LogP contribution in [0.25, 0.3) is 11.3 Å². The molecule has 0 spiro atoms. The molecule has 1 fully saturated rings. The van der Waals surface area contributed by atoms with Crippen LogP contribution in [-0.4, -0.2) is 52.1 Å². The van der Waals surface area contributed by atoms with E-state index in [0.29, 0.717) is 19.0 Å². The quantitative estimate of drug-likeness (QED) is 0.708. The Morgan fingerprint density at radius 1 is 1.28 bits per heavy atom. The predicted molar refractivity (Wildman–Crippen MR) is 104 cm³/mol. The van der Waals surface area contributed by atoms with Crippen LogP contribution in [0.1, 0.15) is 16.8 Å². The smallest absolute Gasteiger partial charge is 0.253 e. The number of amides is 1. The minimum atomic E-state index is -0.672. The van der Waals surface area contributed by atoms with Gasteiger partial charge in [0.15, 0.2) is 5.82 Å². The zero-order valence-corrected chi connectivity index (χ0v) is 15.7. The van der Waals surface area contributed by atoms with Gasteiger partial charge in [0.05, 0.1) is 18.4 Å². The van der Waals surface area contributed by atoms with Crippen molar-refractivity contribution in [1.29, 1.82) is 0 Å². The molecule has 3 aromatic rings. The van der Waals surface area contributed by atoms with Gasteiger partial charge in [-0.3, -0.25) is 9.78 Å². The number of nitrogens with zero attached hydrogens (tertiary/aromatic N) is 5. The molecule has 1 amide bonds. The van der Waals surface area contributed by atoms with Crippen LogP contribution in [-0.2, 0) is 0 Å². The molecule has 1 aliphatic rings. The Balaban J connectivity index is 1.42. The number of nitrogens with one attached hydrogen (secondary N) is 1. The zero-order valence-electron chi connectivity index (χ0n) is 15.7. The summed E-state index contributed by atoms with van der Waals surface area (Å²) in [5, 5.41) is 2.91. The number of methoxy groups -OCH3 is 1. The molecule has 4 rings (SSSR count). The normalized spacial score (nSPS) is 15.9. The van der Waals surface area contributed by atoms with E-state index in [4.69, 9.17) is 4.74 Å².